The van der Waals surface area contributed by atoms with Gasteiger partial charge in [0, 0.05) is 4.47 Å². The van der Waals surface area contributed by atoms with Crippen LogP contribution in [0.5, 0.6) is 17.2 Å². The third-order valence-electron chi connectivity index (χ3n) is 5.86. The first-order valence-corrected chi connectivity index (χ1v) is 13.4. The van der Waals surface area contributed by atoms with E-state index in [1.54, 1.807) is 36.4 Å². The van der Waals surface area contributed by atoms with E-state index >= 15 is 0 Å². The third kappa shape index (κ3) is 8.96. The number of nitrogens with one attached hydrogen (secondary N) is 1. The van der Waals surface area contributed by atoms with Crippen LogP contribution in [0.4, 0.5) is 0 Å². The zero-order valence-corrected chi connectivity index (χ0v) is 24.8. The van der Waals surface area contributed by atoms with Gasteiger partial charge in [0.15, 0.2) is 18.1 Å². The average molecular weight is 596 g/mol. The fourth-order valence-electron chi connectivity index (χ4n) is 4.42. The highest BCUT2D eigenvalue weighted by atomic mass is 79.9. The van der Waals surface area contributed by atoms with E-state index in [0.29, 0.717) is 27.1 Å². The third-order valence-corrected chi connectivity index (χ3v) is 6.56. The lowest BCUT2D eigenvalue weighted by Gasteiger charge is -2.33. The summed E-state index contributed by atoms with van der Waals surface area (Å²) in [6.07, 6.45) is 2.51. The second-order valence-corrected chi connectivity index (χ2v) is 11.9. The number of rotatable bonds is 10. The highest BCUT2D eigenvalue weighted by Crippen LogP contribution is 2.36. The molecule has 7 nitrogen and oxygen atoms in total. The second-order valence-electron chi connectivity index (χ2n) is 11.0. The van der Waals surface area contributed by atoms with Crippen LogP contribution in [0.3, 0.4) is 0 Å². The Labute approximate surface area is 238 Å². The second kappa shape index (κ2) is 12.9. The minimum atomic E-state index is -0.516. The van der Waals surface area contributed by atoms with E-state index in [-0.39, 0.29) is 23.2 Å². The monoisotopic (exact) mass is 594 g/mol. The number of ether oxygens (including phenoxy) is 3. The molecule has 0 aliphatic heterocycles. The van der Waals surface area contributed by atoms with Crippen LogP contribution in [0.25, 0.3) is 0 Å². The van der Waals surface area contributed by atoms with Gasteiger partial charge in [-0.3, -0.25) is 4.79 Å². The maximum Gasteiger partial charge on any atom is 0.344 e. The van der Waals surface area contributed by atoms with Gasteiger partial charge >= 0.3 is 5.97 Å². The standard InChI is InChI=1S/C31H35BrN2O5/c1-30(2,3)20-31(4,5)22-12-14-23(15-13-22)38-19-28(35)34-33-18-21-11-16-26(27(17-21)37-6)39-29(36)24-9-7-8-10-25(24)32/h7-18H,19-20H2,1-6H3,(H,34,35)/b33-18+. The van der Waals surface area contributed by atoms with Gasteiger partial charge in [-0.05, 0) is 86.8 Å². The molecule has 0 radical (unpaired) electrons. The number of carbonyl (C=O) groups excluding carboxylic acids is 2. The van der Waals surface area contributed by atoms with Gasteiger partial charge in [-0.2, -0.15) is 5.10 Å². The number of hydrazone groups is 1. The number of methoxy groups -OCH3 is 1. The van der Waals surface area contributed by atoms with Gasteiger partial charge in [-0.15, -0.1) is 0 Å². The van der Waals surface area contributed by atoms with E-state index < -0.39 is 11.9 Å². The summed E-state index contributed by atoms with van der Waals surface area (Å²) >= 11 is 3.35. The molecule has 0 unspecified atom stereocenters. The van der Waals surface area contributed by atoms with Crippen LogP contribution in [-0.2, 0) is 10.2 Å². The molecule has 0 saturated heterocycles. The van der Waals surface area contributed by atoms with E-state index in [9.17, 15) is 9.59 Å². The van der Waals surface area contributed by atoms with Crippen LogP contribution >= 0.6 is 15.9 Å². The maximum atomic E-state index is 12.5. The van der Waals surface area contributed by atoms with Crippen LogP contribution in [-0.4, -0.2) is 31.8 Å². The predicted octanol–water partition coefficient (Wildman–Crippen LogP) is 6.92. The maximum absolute atomic E-state index is 12.5. The molecule has 0 heterocycles. The molecule has 1 N–H and O–H groups in total. The lowest BCUT2D eigenvalue weighted by Crippen LogP contribution is -2.25. The van der Waals surface area contributed by atoms with Crippen LogP contribution in [0, 0.1) is 5.41 Å². The Bertz CT molecular complexity index is 1330. The number of amides is 1. The van der Waals surface area contributed by atoms with Gasteiger partial charge in [0.1, 0.15) is 5.75 Å². The van der Waals surface area contributed by atoms with Gasteiger partial charge in [0.2, 0.25) is 0 Å². The van der Waals surface area contributed by atoms with E-state index in [1.165, 1.54) is 18.9 Å². The minimum absolute atomic E-state index is 0.0322. The Morgan fingerprint density at radius 3 is 2.28 bits per heavy atom. The molecule has 3 rings (SSSR count). The summed E-state index contributed by atoms with van der Waals surface area (Å²) in [7, 11) is 1.48. The minimum Gasteiger partial charge on any atom is -0.493 e. The number of carbonyl (C=O) groups is 2. The number of hydrogen-bond acceptors (Lipinski definition) is 6. The highest BCUT2D eigenvalue weighted by Gasteiger charge is 2.27. The fourth-order valence-corrected chi connectivity index (χ4v) is 4.87. The smallest absolute Gasteiger partial charge is 0.344 e. The van der Waals surface area contributed by atoms with Crippen molar-refractivity contribution >= 4 is 34.0 Å². The summed E-state index contributed by atoms with van der Waals surface area (Å²) in [5.41, 5.74) is 4.97. The molecule has 0 bridgehead atoms. The van der Waals surface area contributed by atoms with Crippen LogP contribution in [0.15, 0.2) is 76.3 Å². The topological polar surface area (TPSA) is 86.2 Å². The first kappa shape index (κ1) is 29.9. The van der Waals surface area contributed by atoms with Crippen molar-refractivity contribution in [1.29, 1.82) is 0 Å². The molecule has 206 valence electrons. The van der Waals surface area contributed by atoms with Crippen molar-refractivity contribution in [3.8, 4) is 17.2 Å². The number of benzene rings is 3. The normalized spacial score (nSPS) is 11.8. The van der Waals surface area contributed by atoms with Crippen molar-refractivity contribution in [2.75, 3.05) is 13.7 Å². The molecule has 0 aliphatic carbocycles. The molecule has 0 atom stereocenters. The summed E-state index contributed by atoms with van der Waals surface area (Å²) in [6, 6.07) is 19.8. The lowest BCUT2D eigenvalue weighted by atomic mass is 9.72. The Morgan fingerprint density at radius 1 is 0.949 bits per heavy atom. The highest BCUT2D eigenvalue weighted by molar-refractivity contribution is 9.10. The molecule has 0 saturated carbocycles. The largest absolute Gasteiger partial charge is 0.493 e. The predicted molar refractivity (Wildman–Crippen MR) is 157 cm³/mol. The first-order valence-electron chi connectivity index (χ1n) is 12.6. The molecule has 3 aromatic carbocycles. The van der Waals surface area contributed by atoms with Gasteiger partial charge in [-0.25, -0.2) is 10.2 Å². The van der Waals surface area contributed by atoms with Crippen molar-refractivity contribution in [3.05, 3.63) is 87.9 Å². The van der Waals surface area contributed by atoms with Crippen molar-refractivity contribution in [3.63, 3.8) is 0 Å². The van der Waals surface area contributed by atoms with E-state index in [4.69, 9.17) is 14.2 Å². The summed E-state index contributed by atoms with van der Waals surface area (Å²) in [4.78, 5) is 24.7. The van der Waals surface area contributed by atoms with Crippen molar-refractivity contribution < 1.29 is 23.8 Å². The van der Waals surface area contributed by atoms with Crippen molar-refractivity contribution in [2.24, 2.45) is 10.5 Å². The molecule has 0 aromatic heterocycles. The summed E-state index contributed by atoms with van der Waals surface area (Å²) in [6.45, 7) is 11.0. The molecular weight excluding hydrogens is 560 g/mol. The fraction of sp³-hybridized carbons (Fsp3) is 0.323. The van der Waals surface area contributed by atoms with Crippen molar-refractivity contribution in [1.82, 2.24) is 5.43 Å². The van der Waals surface area contributed by atoms with Crippen LogP contribution in [0.1, 0.15) is 62.5 Å². The first-order chi connectivity index (χ1) is 18.4. The van der Waals surface area contributed by atoms with Crippen molar-refractivity contribution in [2.45, 2.75) is 46.5 Å². The van der Waals surface area contributed by atoms with Crippen LogP contribution < -0.4 is 19.6 Å². The zero-order valence-electron chi connectivity index (χ0n) is 23.2. The Balaban J connectivity index is 1.53. The van der Waals surface area contributed by atoms with E-state index in [1.807, 2.05) is 30.3 Å². The Kier molecular flexibility index (Phi) is 9.92. The molecule has 0 aliphatic rings. The number of hydrogen-bond donors (Lipinski definition) is 1. The Hall–Kier alpha value is -3.65. The summed E-state index contributed by atoms with van der Waals surface area (Å²) < 4.78 is 17.1. The molecule has 8 heteroatoms. The Morgan fingerprint density at radius 2 is 1.64 bits per heavy atom. The molecule has 0 fully saturated rings. The van der Waals surface area contributed by atoms with Gasteiger partial charge in [0.25, 0.3) is 5.91 Å². The molecule has 39 heavy (non-hydrogen) atoms. The quantitative estimate of drug-likeness (QED) is 0.119. The summed E-state index contributed by atoms with van der Waals surface area (Å²) in [5, 5.41) is 3.99. The lowest BCUT2D eigenvalue weighted by molar-refractivity contribution is -0.123. The zero-order chi connectivity index (χ0) is 28.6. The summed E-state index contributed by atoms with van der Waals surface area (Å²) in [5.74, 6) is 0.317. The van der Waals surface area contributed by atoms with Crippen LogP contribution in [0.2, 0.25) is 0 Å². The van der Waals surface area contributed by atoms with Gasteiger partial charge < -0.3 is 14.2 Å². The van der Waals surface area contributed by atoms with Gasteiger partial charge in [-0.1, -0.05) is 58.9 Å². The van der Waals surface area contributed by atoms with Gasteiger partial charge in [0.05, 0.1) is 18.9 Å². The molecule has 1 amide bonds. The SMILES string of the molecule is COc1cc(/C=N/NC(=O)COc2ccc(C(C)(C)CC(C)(C)C)cc2)ccc1OC(=O)c1ccccc1Br. The van der Waals surface area contributed by atoms with E-state index in [2.05, 4.69) is 61.1 Å². The molecule has 0 spiro atoms. The number of halogens is 1. The number of nitrogens with zero attached hydrogens (tertiary/aromatic N) is 1. The van der Waals surface area contributed by atoms with E-state index in [0.717, 1.165) is 6.42 Å². The average Bonchev–Trinajstić information content (AvgIpc) is 2.87. The molecule has 3 aromatic rings. The molecular formula is C31H35BrN2O5. The number of esters is 1.